The zero-order valence-corrected chi connectivity index (χ0v) is 33.4. The van der Waals surface area contributed by atoms with Crippen molar-refractivity contribution in [3.63, 3.8) is 0 Å². The second kappa shape index (κ2) is 13.6. The van der Waals surface area contributed by atoms with Crippen molar-refractivity contribution < 1.29 is 0 Å². The molecule has 0 saturated carbocycles. The minimum absolute atomic E-state index is 0.639. The summed E-state index contributed by atoms with van der Waals surface area (Å²) in [6, 6.07) is 75.7. The van der Waals surface area contributed by atoms with E-state index in [1.165, 1.54) is 43.4 Å². The van der Waals surface area contributed by atoms with Crippen LogP contribution in [0, 0.1) is 0 Å². The SMILES string of the molecule is c1ccc(-c2nc(-c3cccc4ccccc34)nc(-c3cccc4cc(-n5c6ccccc6c6cc7c8c9ccccc9ccc8n(-c8ccccc8)c7cc65)ccc34)n2)cc1. The lowest BCUT2D eigenvalue weighted by molar-refractivity contribution is 1.08. The normalized spacial score (nSPS) is 11.9. The molecule has 0 bridgehead atoms. The topological polar surface area (TPSA) is 48.5 Å². The van der Waals surface area contributed by atoms with Crippen LogP contribution >= 0.6 is 0 Å². The first kappa shape index (κ1) is 34.5. The van der Waals surface area contributed by atoms with E-state index in [4.69, 9.17) is 15.0 Å². The van der Waals surface area contributed by atoms with E-state index >= 15 is 0 Å². The lowest BCUT2D eigenvalue weighted by Gasteiger charge is -2.13. The molecular weight excluding hydrogens is 755 g/mol. The van der Waals surface area contributed by atoms with Gasteiger partial charge in [0.2, 0.25) is 0 Å². The van der Waals surface area contributed by atoms with Crippen LogP contribution in [0.5, 0.6) is 0 Å². The van der Waals surface area contributed by atoms with Gasteiger partial charge in [-0.25, -0.2) is 15.0 Å². The number of hydrogen-bond donors (Lipinski definition) is 0. The van der Waals surface area contributed by atoms with Gasteiger partial charge >= 0.3 is 0 Å². The van der Waals surface area contributed by atoms with Gasteiger partial charge in [-0.05, 0) is 80.8 Å². The molecule has 3 aromatic heterocycles. The molecule has 0 saturated heterocycles. The Morgan fingerprint density at radius 1 is 0.274 bits per heavy atom. The van der Waals surface area contributed by atoms with Crippen LogP contribution < -0.4 is 0 Å². The van der Waals surface area contributed by atoms with E-state index in [1.54, 1.807) is 0 Å². The highest BCUT2D eigenvalue weighted by molar-refractivity contribution is 6.25. The minimum atomic E-state index is 0.639. The molecule has 13 rings (SSSR count). The molecule has 0 aliphatic rings. The fourth-order valence-electron chi connectivity index (χ4n) is 9.74. The fraction of sp³-hybridized carbons (Fsp3) is 0. The number of hydrogen-bond acceptors (Lipinski definition) is 3. The van der Waals surface area contributed by atoms with E-state index in [0.717, 1.165) is 60.6 Å². The molecule has 0 N–H and O–H groups in total. The highest BCUT2D eigenvalue weighted by Gasteiger charge is 2.21. The third-order valence-corrected chi connectivity index (χ3v) is 12.5. The summed E-state index contributed by atoms with van der Waals surface area (Å²) < 4.78 is 4.85. The second-order valence-corrected chi connectivity index (χ2v) is 16.0. The van der Waals surface area contributed by atoms with Gasteiger partial charge < -0.3 is 9.13 Å². The van der Waals surface area contributed by atoms with Gasteiger partial charge in [0, 0.05) is 49.6 Å². The zero-order valence-electron chi connectivity index (χ0n) is 33.4. The average molecular weight is 790 g/mol. The lowest BCUT2D eigenvalue weighted by Crippen LogP contribution is -2.01. The molecular formula is C57H35N5. The molecule has 5 heteroatoms. The van der Waals surface area contributed by atoms with Gasteiger partial charge in [0.05, 0.1) is 22.1 Å². The van der Waals surface area contributed by atoms with Crippen LogP contribution in [0.15, 0.2) is 212 Å². The van der Waals surface area contributed by atoms with Crippen LogP contribution in [0.1, 0.15) is 0 Å². The molecule has 0 spiro atoms. The summed E-state index contributed by atoms with van der Waals surface area (Å²) in [6.07, 6.45) is 0. The number of nitrogens with zero attached hydrogens (tertiary/aromatic N) is 5. The standard InChI is InChI=1S/C57H35N5/c1-3-17-38(18-4-1)55-58-56(46-26-13-19-36-15-7-9-23-42(36)46)60-57(59-55)47-27-14-20-39-33-41(30-31-43(39)47)62-50-28-12-11-25-45(50)48-34-49-53(35-52(48)62)61(40-21-5-2-6-22-40)51-32-29-37-16-8-10-24-44(37)54(49)51/h1-35H. The van der Waals surface area contributed by atoms with Gasteiger partial charge in [-0.1, -0.05) is 164 Å². The smallest absolute Gasteiger partial charge is 0.164 e. The number of aromatic nitrogens is 5. The van der Waals surface area contributed by atoms with Crippen molar-refractivity contribution in [3.8, 4) is 45.5 Å². The largest absolute Gasteiger partial charge is 0.309 e. The summed E-state index contributed by atoms with van der Waals surface area (Å²) in [7, 11) is 0. The molecule has 3 heterocycles. The summed E-state index contributed by atoms with van der Waals surface area (Å²) in [5.41, 5.74) is 9.80. The number of para-hydroxylation sites is 2. The summed E-state index contributed by atoms with van der Waals surface area (Å²) >= 11 is 0. The van der Waals surface area contributed by atoms with E-state index in [9.17, 15) is 0 Å². The van der Waals surface area contributed by atoms with Gasteiger partial charge in [-0.3, -0.25) is 0 Å². The molecule has 62 heavy (non-hydrogen) atoms. The first-order valence-electron chi connectivity index (χ1n) is 21.0. The Morgan fingerprint density at radius 2 is 0.839 bits per heavy atom. The maximum Gasteiger partial charge on any atom is 0.164 e. The summed E-state index contributed by atoms with van der Waals surface area (Å²) in [5.74, 6) is 1.93. The van der Waals surface area contributed by atoms with Crippen LogP contribution in [0.25, 0.3) is 121 Å². The molecule has 0 aliphatic carbocycles. The van der Waals surface area contributed by atoms with Crippen molar-refractivity contribution in [2.75, 3.05) is 0 Å². The van der Waals surface area contributed by atoms with E-state index in [-0.39, 0.29) is 0 Å². The van der Waals surface area contributed by atoms with Crippen molar-refractivity contribution in [2.45, 2.75) is 0 Å². The number of fused-ring (bicyclic) bond motifs is 10. The Labute approximate surface area is 356 Å². The van der Waals surface area contributed by atoms with E-state index in [2.05, 4.69) is 203 Å². The molecule has 0 fully saturated rings. The monoisotopic (exact) mass is 789 g/mol. The van der Waals surface area contributed by atoms with Crippen molar-refractivity contribution in [1.82, 2.24) is 24.1 Å². The summed E-state index contributed by atoms with van der Waals surface area (Å²) in [6.45, 7) is 0. The minimum Gasteiger partial charge on any atom is -0.309 e. The molecule has 0 radical (unpaired) electrons. The average Bonchev–Trinajstić information content (AvgIpc) is 3.85. The molecule has 0 unspecified atom stereocenters. The van der Waals surface area contributed by atoms with Gasteiger partial charge in [0.1, 0.15) is 0 Å². The predicted octanol–water partition coefficient (Wildman–Crippen LogP) is 14.5. The first-order valence-corrected chi connectivity index (χ1v) is 21.0. The van der Waals surface area contributed by atoms with Crippen LogP contribution in [-0.2, 0) is 0 Å². The predicted molar refractivity (Wildman–Crippen MR) is 257 cm³/mol. The van der Waals surface area contributed by atoms with Gasteiger partial charge in [-0.2, -0.15) is 0 Å². The van der Waals surface area contributed by atoms with Gasteiger partial charge in [-0.15, -0.1) is 0 Å². The fourth-order valence-corrected chi connectivity index (χ4v) is 9.74. The lowest BCUT2D eigenvalue weighted by atomic mass is 10.0. The van der Waals surface area contributed by atoms with E-state index in [1.807, 2.05) is 18.2 Å². The third kappa shape index (κ3) is 5.25. The highest BCUT2D eigenvalue weighted by atomic mass is 15.0. The molecule has 5 nitrogen and oxygen atoms in total. The second-order valence-electron chi connectivity index (χ2n) is 16.0. The first-order chi connectivity index (χ1) is 30.7. The molecule has 10 aromatic carbocycles. The quantitative estimate of drug-likeness (QED) is 0.174. The van der Waals surface area contributed by atoms with Crippen molar-refractivity contribution in [3.05, 3.63) is 212 Å². The van der Waals surface area contributed by atoms with Crippen molar-refractivity contribution in [1.29, 1.82) is 0 Å². The Kier molecular flexibility index (Phi) is 7.54. The van der Waals surface area contributed by atoms with Crippen LogP contribution in [0.3, 0.4) is 0 Å². The Morgan fingerprint density at radius 3 is 1.61 bits per heavy atom. The van der Waals surface area contributed by atoms with E-state index < -0.39 is 0 Å². The Balaban J connectivity index is 1.04. The van der Waals surface area contributed by atoms with Crippen molar-refractivity contribution >= 4 is 75.9 Å². The maximum absolute atomic E-state index is 5.22. The Bertz CT molecular complexity index is 3910. The van der Waals surface area contributed by atoms with Gasteiger partial charge in [0.25, 0.3) is 0 Å². The van der Waals surface area contributed by atoms with E-state index in [0.29, 0.717) is 17.5 Å². The third-order valence-electron chi connectivity index (χ3n) is 12.5. The van der Waals surface area contributed by atoms with Crippen LogP contribution in [0.4, 0.5) is 0 Å². The number of benzene rings is 10. The highest BCUT2D eigenvalue weighted by Crippen LogP contribution is 2.42. The summed E-state index contributed by atoms with van der Waals surface area (Å²) in [5, 5.41) is 11.9. The van der Waals surface area contributed by atoms with Gasteiger partial charge in [0.15, 0.2) is 17.5 Å². The van der Waals surface area contributed by atoms with Crippen LogP contribution in [0.2, 0.25) is 0 Å². The number of rotatable bonds is 5. The Hall–Kier alpha value is -8.41. The van der Waals surface area contributed by atoms with Crippen LogP contribution in [-0.4, -0.2) is 24.1 Å². The maximum atomic E-state index is 5.22. The molecule has 0 amide bonds. The molecule has 0 atom stereocenters. The van der Waals surface area contributed by atoms with Crippen molar-refractivity contribution in [2.24, 2.45) is 0 Å². The molecule has 288 valence electrons. The molecule has 13 aromatic rings. The molecule has 0 aliphatic heterocycles. The summed E-state index contributed by atoms with van der Waals surface area (Å²) in [4.78, 5) is 15.5. The zero-order chi connectivity index (χ0) is 40.7.